The summed E-state index contributed by atoms with van der Waals surface area (Å²) in [7, 11) is 0. The highest BCUT2D eigenvalue weighted by molar-refractivity contribution is 5.94. The summed E-state index contributed by atoms with van der Waals surface area (Å²) in [4.78, 5) is 4.23. The molecule has 0 fully saturated rings. The molecule has 3 rings (SSSR count). The zero-order valence-corrected chi connectivity index (χ0v) is 11.9. The lowest BCUT2D eigenvalue weighted by atomic mass is 10.0. The van der Waals surface area contributed by atoms with Gasteiger partial charge >= 0.3 is 0 Å². The Bertz CT molecular complexity index is 780. The molecule has 0 heterocycles. The van der Waals surface area contributed by atoms with Crippen molar-refractivity contribution < 1.29 is 0 Å². The summed E-state index contributed by atoms with van der Waals surface area (Å²) in [5.74, 6) is 0. The van der Waals surface area contributed by atoms with Gasteiger partial charge in [-0.2, -0.15) is 0 Å². The van der Waals surface area contributed by atoms with E-state index in [1.54, 1.807) is 0 Å². The molecule has 0 saturated heterocycles. The predicted molar refractivity (Wildman–Crippen MR) is 91.6 cm³/mol. The summed E-state index contributed by atoms with van der Waals surface area (Å²) in [6, 6.07) is 25.1. The Labute approximate surface area is 125 Å². The largest absolute Gasteiger partial charge is 0.264 e. The van der Waals surface area contributed by atoms with Crippen LogP contribution in [0.4, 0.5) is 0 Å². The molecule has 0 spiro atoms. The summed E-state index contributed by atoms with van der Waals surface area (Å²) < 4.78 is 0. The SMILES string of the molecule is C=N/C(=C\Cc1ccccc1)c1cccc2ccccc12. The molecular weight excluding hydrogens is 254 g/mol. The van der Waals surface area contributed by atoms with E-state index in [1.807, 2.05) is 6.07 Å². The fourth-order valence-corrected chi connectivity index (χ4v) is 2.54. The van der Waals surface area contributed by atoms with Gasteiger partial charge in [0, 0.05) is 5.56 Å². The smallest absolute Gasteiger partial charge is 0.0664 e. The molecule has 0 unspecified atom stereocenters. The molecular formula is C20H17N. The van der Waals surface area contributed by atoms with Gasteiger partial charge in [0.05, 0.1) is 5.70 Å². The van der Waals surface area contributed by atoms with Crippen LogP contribution in [0.2, 0.25) is 0 Å². The van der Waals surface area contributed by atoms with Crippen molar-refractivity contribution in [1.29, 1.82) is 0 Å². The van der Waals surface area contributed by atoms with Crippen molar-refractivity contribution in [3.05, 3.63) is 90.0 Å². The van der Waals surface area contributed by atoms with E-state index in [1.165, 1.54) is 16.3 Å². The van der Waals surface area contributed by atoms with Crippen LogP contribution in [0.25, 0.3) is 16.5 Å². The average Bonchev–Trinajstić information content (AvgIpc) is 2.56. The van der Waals surface area contributed by atoms with E-state index in [0.717, 1.165) is 17.7 Å². The second-order valence-electron chi connectivity index (χ2n) is 4.96. The summed E-state index contributed by atoms with van der Waals surface area (Å²) in [5, 5.41) is 2.44. The van der Waals surface area contributed by atoms with E-state index in [0.29, 0.717) is 0 Å². The van der Waals surface area contributed by atoms with Gasteiger partial charge < -0.3 is 0 Å². The fraction of sp³-hybridized carbons (Fsp3) is 0.0500. The molecule has 0 aromatic heterocycles. The first-order valence-electron chi connectivity index (χ1n) is 7.07. The summed E-state index contributed by atoms with van der Waals surface area (Å²) >= 11 is 0. The molecule has 0 atom stereocenters. The molecule has 102 valence electrons. The van der Waals surface area contributed by atoms with Crippen LogP contribution in [0.5, 0.6) is 0 Å². The van der Waals surface area contributed by atoms with E-state index in [4.69, 9.17) is 0 Å². The summed E-state index contributed by atoms with van der Waals surface area (Å²) in [5.41, 5.74) is 3.36. The first kappa shape index (κ1) is 13.3. The van der Waals surface area contributed by atoms with Crippen molar-refractivity contribution in [1.82, 2.24) is 0 Å². The highest BCUT2D eigenvalue weighted by Gasteiger charge is 2.04. The van der Waals surface area contributed by atoms with Crippen LogP contribution in [-0.4, -0.2) is 6.72 Å². The first-order valence-corrected chi connectivity index (χ1v) is 7.07. The average molecular weight is 271 g/mol. The van der Waals surface area contributed by atoms with Crippen LogP contribution in [0, 0.1) is 0 Å². The highest BCUT2D eigenvalue weighted by Crippen LogP contribution is 2.26. The minimum absolute atomic E-state index is 0.860. The molecule has 0 aliphatic heterocycles. The third kappa shape index (κ3) is 2.92. The summed E-state index contributed by atoms with van der Waals surface area (Å²) in [6.07, 6.45) is 3.00. The van der Waals surface area contributed by atoms with Crippen molar-refractivity contribution in [3.63, 3.8) is 0 Å². The van der Waals surface area contributed by atoms with Gasteiger partial charge in [-0.3, -0.25) is 4.99 Å². The molecule has 0 saturated carbocycles. The Balaban J connectivity index is 2.00. The molecule has 0 amide bonds. The van der Waals surface area contributed by atoms with Crippen LogP contribution in [0.1, 0.15) is 11.1 Å². The maximum Gasteiger partial charge on any atom is 0.0664 e. The van der Waals surface area contributed by atoms with Crippen molar-refractivity contribution in [2.75, 3.05) is 0 Å². The van der Waals surface area contributed by atoms with E-state index < -0.39 is 0 Å². The lowest BCUT2D eigenvalue weighted by Crippen LogP contribution is -1.87. The number of hydrogen-bond donors (Lipinski definition) is 0. The van der Waals surface area contributed by atoms with Crippen molar-refractivity contribution in [2.45, 2.75) is 6.42 Å². The molecule has 0 radical (unpaired) electrons. The Morgan fingerprint density at radius 2 is 1.57 bits per heavy atom. The van der Waals surface area contributed by atoms with Crippen LogP contribution in [0.15, 0.2) is 83.9 Å². The third-order valence-electron chi connectivity index (χ3n) is 3.61. The molecule has 21 heavy (non-hydrogen) atoms. The Morgan fingerprint density at radius 1 is 0.857 bits per heavy atom. The number of fused-ring (bicyclic) bond motifs is 1. The molecule has 0 aliphatic carbocycles. The predicted octanol–water partition coefficient (Wildman–Crippen LogP) is 5.12. The zero-order chi connectivity index (χ0) is 14.5. The molecule has 0 aliphatic rings. The van der Waals surface area contributed by atoms with Crippen molar-refractivity contribution in [2.24, 2.45) is 4.99 Å². The first-order chi connectivity index (χ1) is 10.4. The number of benzene rings is 3. The Morgan fingerprint density at radius 3 is 2.38 bits per heavy atom. The monoisotopic (exact) mass is 271 g/mol. The van der Waals surface area contributed by atoms with Crippen molar-refractivity contribution >= 4 is 23.2 Å². The lowest BCUT2D eigenvalue weighted by molar-refractivity contribution is 1.26. The molecule has 0 N–H and O–H groups in total. The second kappa shape index (κ2) is 6.19. The highest BCUT2D eigenvalue weighted by atomic mass is 14.7. The molecule has 1 heteroatoms. The van der Waals surface area contributed by atoms with Gasteiger partial charge in [0.1, 0.15) is 0 Å². The maximum absolute atomic E-state index is 4.23. The number of hydrogen-bond acceptors (Lipinski definition) is 1. The topological polar surface area (TPSA) is 12.4 Å². The lowest BCUT2D eigenvalue weighted by Gasteiger charge is -2.07. The van der Waals surface area contributed by atoms with Gasteiger partial charge in [-0.15, -0.1) is 0 Å². The number of aliphatic imine (C=N–C) groups is 1. The van der Waals surface area contributed by atoms with Crippen molar-refractivity contribution in [3.8, 4) is 0 Å². The molecule has 3 aromatic carbocycles. The van der Waals surface area contributed by atoms with E-state index >= 15 is 0 Å². The molecule has 3 aromatic rings. The van der Waals surface area contributed by atoms with Gasteiger partial charge in [0.2, 0.25) is 0 Å². The van der Waals surface area contributed by atoms with Crippen LogP contribution >= 0.6 is 0 Å². The Kier molecular flexibility index (Phi) is 3.92. The quantitative estimate of drug-likeness (QED) is 0.584. The second-order valence-corrected chi connectivity index (χ2v) is 4.96. The minimum Gasteiger partial charge on any atom is -0.264 e. The van der Waals surface area contributed by atoms with Crippen LogP contribution in [0.3, 0.4) is 0 Å². The van der Waals surface area contributed by atoms with Gasteiger partial charge in [-0.05, 0) is 29.5 Å². The van der Waals surface area contributed by atoms with Gasteiger partial charge in [0.15, 0.2) is 0 Å². The number of rotatable bonds is 4. The molecule has 1 nitrogen and oxygen atoms in total. The Hall–Kier alpha value is -2.67. The van der Waals surface area contributed by atoms with Gasteiger partial charge in [-0.25, -0.2) is 0 Å². The standard InChI is InChI=1S/C20H17N/c1-21-20(15-14-16-8-3-2-4-9-16)19-13-7-11-17-10-5-6-12-18(17)19/h2-13,15H,1,14H2/b20-15-. The van der Waals surface area contributed by atoms with Crippen LogP contribution in [-0.2, 0) is 6.42 Å². The maximum atomic E-state index is 4.23. The van der Waals surface area contributed by atoms with E-state index in [9.17, 15) is 0 Å². The normalized spacial score (nSPS) is 11.5. The van der Waals surface area contributed by atoms with E-state index in [-0.39, 0.29) is 0 Å². The zero-order valence-electron chi connectivity index (χ0n) is 11.9. The number of allylic oxidation sites excluding steroid dienone is 1. The fourth-order valence-electron chi connectivity index (χ4n) is 2.54. The van der Waals surface area contributed by atoms with Gasteiger partial charge in [0.25, 0.3) is 0 Å². The number of nitrogens with zero attached hydrogens (tertiary/aromatic N) is 1. The van der Waals surface area contributed by atoms with E-state index in [2.05, 4.69) is 84.5 Å². The third-order valence-corrected chi connectivity index (χ3v) is 3.61. The van der Waals surface area contributed by atoms with Crippen LogP contribution < -0.4 is 0 Å². The minimum atomic E-state index is 0.860. The summed E-state index contributed by atoms with van der Waals surface area (Å²) in [6.45, 7) is 3.74. The van der Waals surface area contributed by atoms with Gasteiger partial charge in [-0.1, -0.05) is 78.9 Å². The molecule has 0 bridgehead atoms.